The Morgan fingerprint density at radius 2 is 1.93 bits per heavy atom. The quantitative estimate of drug-likeness (QED) is 0.590. The maximum Gasteiger partial charge on any atom is 0.127 e. The first-order chi connectivity index (χ1) is 14.8. The minimum atomic E-state index is -0.0919. The van der Waals surface area contributed by atoms with Gasteiger partial charge in [-0.25, -0.2) is 4.39 Å². The summed E-state index contributed by atoms with van der Waals surface area (Å²) in [5.41, 5.74) is 0.805. The molecule has 1 atom stereocenters. The van der Waals surface area contributed by atoms with Crippen LogP contribution in [-0.2, 0) is 11.3 Å². The first kappa shape index (κ1) is 21.3. The zero-order valence-electron chi connectivity index (χ0n) is 17.7. The Labute approximate surface area is 179 Å². The van der Waals surface area contributed by atoms with Gasteiger partial charge in [0, 0.05) is 38.3 Å². The van der Waals surface area contributed by atoms with Gasteiger partial charge in [-0.05, 0) is 69.0 Å². The monoisotopic (exact) mass is 412 g/mol. The van der Waals surface area contributed by atoms with Crippen LogP contribution in [0.15, 0.2) is 53.2 Å². The van der Waals surface area contributed by atoms with Gasteiger partial charge in [-0.15, -0.1) is 0 Å². The van der Waals surface area contributed by atoms with E-state index in [1.54, 1.807) is 18.4 Å². The lowest BCUT2D eigenvalue weighted by atomic mass is 9.95. The van der Waals surface area contributed by atoms with Crippen LogP contribution in [0.2, 0.25) is 0 Å². The normalized spacial score (nSPS) is 21.2. The summed E-state index contributed by atoms with van der Waals surface area (Å²) in [6.07, 6.45) is 11.0. The van der Waals surface area contributed by atoms with Gasteiger partial charge in [0.1, 0.15) is 11.6 Å². The number of likely N-dealkylation sites (tertiary alicyclic amines) is 1. The van der Waals surface area contributed by atoms with Crippen molar-refractivity contribution in [3.63, 3.8) is 0 Å². The Balaban J connectivity index is 1.27. The van der Waals surface area contributed by atoms with Gasteiger partial charge in [0.25, 0.3) is 0 Å². The topological polar surface area (TPSA) is 28.9 Å². The number of rotatable bonds is 9. The highest BCUT2D eigenvalue weighted by atomic mass is 19.1. The Morgan fingerprint density at radius 1 is 1.07 bits per heavy atom. The molecule has 30 heavy (non-hydrogen) atoms. The molecule has 0 bridgehead atoms. The highest BCUT2D eigenvalue weighted by molar-refractivity contribution is 5.42. The van der Waals surface area contributed by atoms with Crippen LogP contribution in [0, 0.1) is 11.7 Å². The lowest BCUT2D eigenvalue weighted by Crippen LogP contribution is -2.41. The number of nitrogens with zero attached hydrogens (tertiary/aromatic N) is 2. The second-order valence-corrected chi connectivity index (χ2v) is 8.58. The number of halogens is 1. The molecular weight excluding hydrogens is 379 g/mol. The average Bonchev–Trinajstić information content (AvgIpc) is 3.45. The average molecular weight is 413 g/mol. The molecule has 2 aromatic rings. The van der Waals surface area contributed by atoms with Crippen LogP contribution in [0.4, 0.5) is 4.39 Å². The van der Waals surface area contributed by atoms with E-state index in [0.717, 1.165) is 50.7 Å². The maximum atomic E-state index is 13.9. The SMILES string of the molecule is Fc1ccccc1CN1CCC(CN(C/C=C/c2ccco2)C[C@@H]2CCCO2)CC1. The molecule has 0 unspecified atom stereocenters. The molecule has 0 N–H and O–H groups in total. The fourth-order valence-corrected chi connectivity index (χ4v) is 4.56. The lowest BCUT2D eigenvalue weighted by Gasteiger charge is -2.35. The molecular formula is C25H33FN2O2. The van der Waals surface area contributed by atoms with Crippen molar-refractivity contribution in [3.8, 4) is 0 Å². The van der Waals surface area contributed by atoms with Crippen LogP contribution in [0.5, 0.6) is 0 Å². The molecule has 4 rings (SSSR count). The van der Waals surface area contributed by atoms with Crippen molar-refractivity contribution in [1.82, 2.24) is 9.80 Å². The summed E-state index contributed by atoms with van der Waals surface area (Å²) >= 11 is 0. The molecule has 2 saturated heterocycles. The van der Waals surface area contributed by atoms with Crippen LogP contribution in [0.1, 0.15) is 37.0 Å². The van der Waals surface area contributed by atoms with E-state index in [1.165, 1.54) is 25.7 Å². The van der Waals surface area contributed by atoms with E-state index in [1.807, 2.05) is 24.3 Å². The minimum absolute atomic E-state index is 0.0919. The molecule has 1 aromatic heterocycles. The standard InChI is InChI=1S/C25H33FN2O2/c26-25-10-2-1-6-22(25)19-27-14-11-21(12-15-27)18-28(20-24-9-5-17-30-24)13-3-7-23-8-4-16-29-23/h1-4,6-8,10,16,21,24H,5,9,11-15,17-20H2/b7-3+/t24-/m0/s1. The molecule has 1 aromatic carbocycles. The van der Waals surface area contributed by atoms with E-state index >= 15 is 0 Å². The van der Waals surface area contributed by atoms with Gasteiger partial charge in [-0.2, -0.15) is 0 Å². The van der Waals surface area contributed by atoms with Crippen LogP contribution in [0.25, 0.3) is 6.08 Å². The van der Waals surface area contributed by atoms with E-state index in [2.05, 4.69) is 22.0 Å². The molecule has 4 nitrogen and oxygen atoms in total. The summed E-state index contributed by atoms with van der Waals surface area (Å²) < 4.78 is 25.2. The van der Waals surface area contributed by atoms with E-state index < -0.39 is 0 Å². The number of piperidine rings is 1. The van der Waals surface area contributed by atoms with Crippen LogP contribution in [-0.4, -0.2) is 55.2 Å². The Hall–Kier alpha value is -1.95. The van der Waals surface area contributed by atoms with E-state index in [9.17, 15) is 4.39 Å². The van der Waals surface area contributed by atoms with Gasteiger partial charge in [0.05, 0.1) is 12.4 Å². The Bertz CT molecular complexity index is 778. The summed E-state index contributed by atoms with van der Waals surface area (Å²) in [5.74, 6) is 1.49. The van der Waals surface area contributed by atoms with Crippen molar-refractivity contribution >= 4 is 6.08 Å². The van der Waals surface area contributed by atoms with E-state index in [0.29, 0.717) is 18.6 Å². The molecule has 0 amide bonds. The van der Waals surface area contributed by atoms with Gasteiger partial charge in [-0.1, -0.05) is 24.3 Å². The number of furan rings is 1. The van der Waals surface area contributed by atoms with Crippen molar-refractivity contribution in [3.05, 3.63) is 65.9 Å². The van der Waals surface area contributed by atoms with Crippen molar-refractivity contribution in [1.29, 1.82) is 0 Å². The lowest BCUT2D eigenvalue weighted by molar-refractivity contribution is 0.0645. The number of hydrogen-bond donors (Lipinski definition) is 0. The van der Waals surface area contributed by atoms with E-state index in [-0.39, 0.29) is 5.82 Å². The predicted molar refractivity (Wildman–Crippen MR) is 118 cm³/mol. The smallest absolute Gasteiger partial charge is 0.127 e. The Kier molecular flexibility index (Phi) is 7.73. The molecule has 2 aliphatic rings. The summed E-state index contributed by atoms with van der Waals surface area (Å²) in [4.78, 5) is 4.92. The highest BCUT2D eigenvalue weighted by Gasteiger charge is 2.24. The molecule has 0 spiro atoms. The van der Waals surface area contributed by atoms with Gasteiger partial charge in [0.2, 0.25) is 0 Å². The van der Waals surface area contributed by atoms with Crippen LogP contribution in [0.3, 0.4) is 0 Å². The fraction of sp³-hybridized carbons (Fsp3) is 0.520. The third kappa shape index (κ3) is 6.27. The molecule has 0 radical (unpaired) electrons. The largest absolute Gasteiger partial charge is 0.465 e. The fourth-order valence-electron chi connectivity index (χ4n) is 4.56. The summed E-state index contributed by atoms with van der Waals surface area (Å²) in [6, 6.07) is 11.0. The first-order valence-corrected chi connectivity index (χ1v) is 11.3. The third-order valence-electron chi connectivity index (χ3n) is 6.25. The molecule has 3 heterocycles. The summed E-state index contributed by atoms with van der Waals surface area (Å²) in [5, 5.41) is 0. The molecule has 2 aliphatic heterocycles. The van der Waals surface area contributed by atoms with Crippen LogP contribution < -0.4 is 0 Å². The molecule has 162 valence electrons. The van der Waals surface area contributed by atoms with Crippen molar-refractivity contribution in [2.45, 2.75) is 38.3 Å². The number of benzene rings is 1. The zero-order valence-corrected chi connectivity index (χ0v) is 17.7. The highest BCUT2D eigenvalue weighted by Crippen LogP contribution is 2.22. The maximum absolute atomic E-state index is 13.9. The number of hydrogen-bond acceptors (Lipinski definition) is 4. The molecule has 0 saturated carbocycles. The molecule has 2 fully saturated rings. The van der Waals surface area contributed by atoms with Crippen molar-refractivity contribution in [2.75, 3.05) is 39.3 Å². The Morgan fingerprint density at radius 3 is 2.67 bits per heavy atom. The second kappa shape index (κ2) is 10.9. The van der Waals surface area contributed by atoms with Gasteiger partial charge in [-0.3, -0.25) is 9.80 Å². The summed E-state index contributed by atoms with van der Waals surface area (Å²) in [7, 11) is 0. The van der Waals surface area contributed by atoms with Gasteiger partial charge in [0.15, 0.2) is 0 Å². The second-order valence-electron chi connectivity index (χ2n) is 8.58. The van der Waals surface area contributed by atoms with Crippen molar-refractivity contribution in [2.24, 2.45) is 5.92 Å². The number of ether oxygens (including phenoxy) is 1. The van der Waals surface area contributed by atoms with Crippen LogP contribution >= 0.6 is 0 Å². The molecule has 0 aliphatic carbocycles. The summed E-state index contributed by atoms with van der Waals surface area (Å²) in [6.45, 7) is 6.69. The minimum Gasteiger partial charge on any atom is -0.465 e. The third-order valence-corrected chi connectivity index (χ3v) is 6.25. The van der Waals surface area contributed by atoms with Gasteiger partial charge >= 0.3 is 0 Å². The first-order valence-electron chi connectivity index (χ1n) is 11.3. The van der Waals surface area contributed by atoms with E-state index in [4.69, 9.17) is 9.15 Å². The van der Waals surface area contributed by atoms with Gasteiger partial charge < -0.3 is 9.15 Å². The molecule has 5 heteroatoms. The zero-order chi connectivity index (χ0) is 20.6. The predicted octanol–water partition coefficient (Wildman–Crippen LogP) is 4.83. The van der Waals surface area contributed by atoms with Crippen molar-refractivity contribution < 1.29 is 13.5 Å².